The molecule has 6 nitrogen and oxygen atoms in total. The van der Waals surface area contributed by atoms with Gasteiger partial charge in [0.05, 0.1) is 12.0 Å². The average molecular weight is 415 g/mol. The van der Waals surface area contributed by atoms with E-state index < -0.39 is 23.9 Å². The Labute approximate surface area is 174 Å². The topological polar surface area (TPSA) is 75.7 Å². The van der Waals surface area contributed by atoms with Gasteiger partial charge >= 0.3 is 5.97 Å². The van der Waals surface area contributed by atoms with Gasteiger partial charge in [0.25, 0.3) is 5.91 Å². The lowest BCUT2D eigenvalue weighted by Gasteiger charge is -2.25. The van der Waals surface area contributed by atoms with Crippen molar-refractivity contribution in [2.45, 2.75) is 32.4 Å². The molecule has 0 unspecified atom stereocenters. The van der Waals surface area contributed by atoms with E-state index in [0.29, 0.717) is 10.7 Å². The summed E-state index contributed by atoms with van der Waals surface area (Å²) < 4.78 is 5.32. The molecule has 0 radical (unpaired) electrons. The Morgan fingerprint density at radius 2 is 1.76 bits per heavy atom. The van der Waals surface area contributed by atoms with Gasteiger partial charge in [-0.15, -0.1) is 0 Å². The zero-order valence-corrected chi connectivity index (χ0v) is 17.1. The molecule has 1 N–H and O–H groups in total. The maximum absolute atomic E-state index is 12.5. The van der Waals surface area contributed by atoms with E-state index in [1.807, 2.05) is 37.3 Å². The highest BCUT2D eigenvalue weighted by Gasteiger charge is 2.38. The van der Waals surface area contributed by atoms with Gasteiger partial charge in [-0.3, -0.25) is 14.4 Å². The molecule has 2 amide bonds. The number of halogens is 1. The summed E-state index contributed by atoms with van der Waals surface area (Å²) in [5.41, 5.74) is 1.56. The molecule has 2 aromatic rings. The maximum Gasteiger partial charge on any atom is 0.312 e. The third-order valence-corrected chi connectivity index (χ3v) is 5.27. The van der Waals surface area contributed by atoms with Crippen LogP contribution >= 0.6 is 11.6 Å². The number of carbonyl (C=O) groups is 3. The predicted molar refractivity (Wildman–Crippen MR) is 110 cm³/mol. The second kappa shape index (κ2) is 9.09. The number of anilines is 1. The Kier molecular flexibility index (Phi) is 6.54. The maximum atomic E-state index is 12.5. The lowest BCUT2D eigenvalue weighted by atomic mass is 10.1. The summed E-state index contributed by atoms with van der Waals surface area (Å²) in [7, 11) is 0. The number of benzene rings is 2. The van der Waals surface area contributed by atoms with Gasteiger partial charge in [-0.25, -0.2) is 0 Å². The van der Waals surface area contributed by atoms with Gasteiger partial charge in [-0.05, 0) is 43.7 Å². The van der Waals surface area contributed by atoms with Crippen LogP contribution in [-0.4, -0.2) is 35.3 Å². The molecule has 0 spiro atoms. The van der Waals surface area contributed by atoms with Crippen LogP contribution in [0.5, 0.6) is 0 Å². The summed E-state index contributed by atoms with van der Waals surface area (Å²) in [5, 5.41) is 3.23. The van der Waals surface area contributed by atoms with E-state index in [1.54, 1.807) is 29.2 Å². The van der Waals surface area contributed by atoms with Crippen molar-refractivity contribution in [2.24, 2.45) is 5.92 Å². The molecule has 1 aliphatic heterocycles. The Balaban J connectivity index is 1.55. The van der Waals surface area contributed by atoms with E-state index in [1.165, 1.54) is 6.92 Å². The summed E-state index contributed by atoms with van der Waals surface area (Å²) in [5.74, 6) is -1.67. The van der Waals surface area contributed by atoms with Crippen LogP contribution < -0.4 is 5.32 Å². The first kappa shape index (κ1) is 20.9. The van der Waals surface area contributed by atoms with Crippen LogP contribution in [0.25, 0.3) is 0 Å². The van der Waals surface area contributed by atoms with Crippen molar-refractivity contribution in [1.82, 2.24) is 4.90 Å². The Morgan fingerprint density at radius 1 is 1.10 bits per heavy atom. The number of hydrogen-bond acceptors (Lipinski definition) is 4. The van der Waals surface area contributed by atoms with Crippen molar-refractivity contribution in [3.63, 3.8) is 0 Å². The van der Waals surface area contributed by atoms with Gasteiger partial charge in [0.2, 0.25) is 5.91 Å². The molecular weight excluding hydrogens is 392 g/mol. The Hall–Kier alpha value is -2.86. The molecule has 1 fully saturated rings. The summed E-state index contributed by atoms with van der Waals surface area (Å²) in [6.07, 6.45) is -0.893. The van der Waals surface area contributed by atoms with Crippen molar-refractivity contribution in [3.8, 4) is 0 Å². The SMILES string of the molecule is C[C@H](OC(=O)[C@@H]1CC(=O)N([C@H](C)c2ccccc2)C1)C(=O)Nc1ccc(Cl)cc1. The molecule has 2 aromatic carbocycles. The average Bonchev–Trinajstić information content (AvgIpc) is 3.11. The van der Waals surface area contributed by atoms with Crippen molar-refractivity contribution in [2.75, 3.05) is 11.9 Å². The molecule has 0 saturated carbocycles. The minimum absolute atomic E-state index is 0.0849. The second-order valence-corrected chi connectivity index (χ2v) is 7.55. The summed E-state index contributed by atoms with van der Waals surface area (Å²) >= 11 is 5.82. The van der Waals surface area contributed by atoms with Crippen LogP contribution in [0.3, 0.4) is 0 Å². The lowest BCUT2D eigenvalue weighted by Crippen LogP contribution is -2.33. The molecule has 7 heteroatoms. The summed E-state index contributed by atoms with van der Waals surface area (Å²) in [6, 6.07) is 16.1. The number of likely N-dealkylation sites (tertiary alicyclic amines) is 1. The number of nitrogens with zero attached hydrogens (tertiary/aromatic N) is 1. The molecule has 3 atom stereocenters. The van der Waals surface area contributed by atoms with E-state index in [2.05, 4.69) is 5.32 Å². The molecule has 3 rings (SSSR count). The number of esters is 1. The summed E-state index contributed by atoms with van der Waals surface area (Å²) in [6.45, 7) is 3.71. The highest BCUT2D eigenvalue weighted by molar-refractivity contribution is 6.30. The van der Waals surface area contributed by atoms with Gasteiger partial charge in [0, 0.05) is 23.7 Å². The van der Waals surface area contributed by atoms with Crippen LogP contribution in [0.1, 0.15) is 31.9 Å². The van der Waals surface area contributed by atoms with E-state index in [4.69, 9.17) is 16.3 Å². The van der Waals surface area contributed by atoms with E-state index in [9.17, 15) is 14.4 Å². The van der Waals surface area contributed by atoms with Gasteiger partial charge in [0.15, 0.2) is 6.10 Å². The number of ether oxygens (including phenoxy) is 1. The minimum Gasteiger partial charge on any atom is -0.452 e. The van der Waals surface area contributed by atoms with E-state index in [0.717, 1.165) is 5.56 Å². The molecule has 152 valence electrons. The van der Waals surface area contributed by atoms with E-state index >= 15 is 0 Å². The summed E-state index contributed by atoms with van der Waals surface area (Å²) in [4.78, 5) is 38.9. The largest absolute Gasteiger partial charge is 0.452 e. The quantitative estimate of drug-likeness (QED) is 0.729. The van der Waals surface area contributed by atoms with Crippen molar-refractivity contribution >= 4 is 35.1 Å². The third-order valence-electron chi connectivity index (χ3n) is 5.02. The first-order chi connectivity index (χ1) is 13.8. The Morgan fingerprint density at radius 3 is 2.41 bits per heavy atom. The predicted octanol–water partition coefficient (Wildman–Crippen LogP) is 3.82. The first-order valence-electron chi connectivity index (χ1n) is 9.46. The molecular formula is C22H23ClN2O4. The molecule has 29 heavy (non-hydrogen) atoms. The first-order valence-corrected chi connectivity index (χ1v) is 9.84. The monoisotopic (exact) mass is 414 g/mol. The normalized spacial score (nSPS) is 18.2. The van der Waals surface area contributed by atoms with Crippen LogP contribution in [0, 0.1) is 5.92 Å². The second-order valence-electron chi connectivity index (χ2n) is 7.11. The highest BCUT2D eigenvalue weighted by atomic mass is 35.5. The fourth-order valence-electron chi connectivity index (χ4n) is 3.28. The third kappa shape index (κ3) is 5.15. The smallest absolute Gasteiger partial charge is 0.312 e. The van der Waals surface area contributed by atoms with Crippen LogP contribution in [0.2, 0.25) is 5.02 Å². The zero-order valence-electron chi connectivity index (χ0n) is 16.3. The number of amides is 2. The Bertz CT molecular complexity index is 885. The number of carbonyl (C=O) groups excluding carboxylic acids is 3. The highest BCUT2D eigenvalue weighted by Crippen LogP contribution is 2.29. The van der Waals surface area contributed by atoms with Crippen LogP contribution in [-0.2, 0) is 19.1 Å². The minimum atomic E-state index is -0.978. The number of hydrogen-bond donors (Lipinski definition) is 1. The lowest BCUT2D eigenvalue weighted by molar-refractivity contribution is -0.157. The zero-order chi connectivity index (χ0) is 21.0. The van der Waals surface area contributed by atoms with Gasteiger partial charge in [-0.1, -0.05) is 41.9 Å². The van der Waals surface area contributed by atoms with Crippen LogP contribution in [0.4, 0.5) is 5.69 Å². The molecule has 1 saturated heterocycles. The van der Waals surface area contributed by atoms with Crippen molar-refractivity contribution in [1.29, 1.82) is 0 Å². The number of nitrogens with one attached hydrogen (secondary N) is 1. The molecule has 0 bridgehead atoms. The molecule has 1 aliphatic rings. The van der Waals surface area contributed by atoms with Gasteiger partial charge in [-0.2, -0.15) is 0 Å². The molecule has 0 aromatic heterocycles. The number of rotatable bonds is 6. The standard InChI is InChI=1S/C22H23ClN2O4/c1-14(16-6-4-3-5-7-16)25-13-17(12-20(25)26)22(28)29-15(2)21(27)24-19-10-8-18(23)9-11-19/h3-11,14-15,17H,12-13H2,1-2H3,(H,24,27)/t14-,15+,17-/m1/s1. The fourth-order valence-corrected chi connectivity index (χ4v) is 3.40. The van der Waals surface area contributed by atoms with Crippen molar-refractivity contribution in [3.05, 3.63) is 65.2 Å². The fraction of sp³-hybridized carbons (Fsp3) is 0.318. The van der Waals surface area contributed by atoms with E-state index in [-0.39, 0.29) is 24.9 Å². The van der Waals surface area contributed by atoms with Gasteiger partial charge < -0.3 is 15.0 Å². The van der Waals surface area contributed by atoms with Crippen molar-refractivity contribution < 1.29 is 19.1 Å². The van der Waals surface area contributed by atoms with Gasteiger partial charge in [0.1, 0.15) is 0 Å². The van der Waals surface area contributed by atoms with Crippen LogP contribution in [0.15, 0.2) is 54.6 Å². The molecule has 1 heterocycles. The molecule has 0 aliphatic carbocycles.